The number of hydrogen-bond donors (Lipinski definition) is 3. The Labute approximate surface area is 228 Å². The average molecular weight is 526 g/mol. The zero-order chi connectivity index (χ0) is 27.0. The lowest BCUT2D eigenvalue weighted by molar-refractivity contribution is -0.134. The fourth-order valence-electron chi connectivity index (χ4n) is 5.33. The van der Waals surface area contributed by atoms with E-state index in [2.05, 4.69) is 40.0 Å². The van der Waals surface area contributed by atoms with Crippen molar-refractivity contribution in [2.45, 2.75) is 44.6 Å². The van der Waals surface area contributed by atoms with Crippen LogP contribution >= 0.6 is 0 Å². The number of nitrogens with one attached hydrogen (secondary N) is 3. The highest BCUT2D eigenvalue weighted by Crippen LogP contribution is 2.41. The van der Waals surface area contributed by atoms with Crippen molar-refractivity contribution < 1.29 is 19.1 Å². The first kappa shape index (κ1) is 26.4. The van der Waals surface area contributed by atoms with Crippen LogP contribution in [0.1, 0.15) is 54.7 Å². The number of amides is 1. The fraction of sp³-hybridized carbons (Fsp3) is 0.281. The zero-order valence-electron chi connectivity index (χ0n) is 22.5. The third-order valence-electron chi connectivity index (χ3n) is 7.27. The molecule has 0 aliphatic carbocycles. The van der Waals surface area contributed by atoms with Gasteiger partial charge in [-0.05, 0) is 41.7 Å². The molecule has 7 nitrogen and oxygen atoms in total. The molecule has 0 unspecified atom stereocenters. The van der Waals surface area contributed by atoms with Crippen LogP contribution in [-0.2, 0) is 16.2 Å². The van der Waals surface area contributed by atoms with E-state index in [4.69, 9.17) is 14.3 Å². The summed E-state index contributed by atoms with van der Waals surface area (Å²) in [6.07, 6.45) is 8.32. The van der Waals surface area contributed by atoms with Gasteiger partial charge in [-0.1, -0.05) is 67.4 Å². The first-order valence-electron chi connectivity index (χ1n) is 13.4. The van der Waals surface area contributed by atoms with Crippen LogP contribution in [-0.4, -0.2) is 30.1 Å². The van der Waals surface area contributed by atoms with Gasteiger partial charge in [0.15, 0.2) is 0 Å². The number of aromatic nitrogens is 2. The molecule has 3 aromatic carbocycles. The standard InChI is InChI=1S/C32H35N3O4/c1-37-28-16-9-14-24-26(19-33-31(24)28)23(27-20-34-32-25(27)15-10-17-29(32)38-2)13-7-4-8-18-30(36)35-39-21-22-11-5-3-6-12-22/h3,5-6,9-12,14-17,19-20,23,33-34H,4,7-8,13,18,21H2,1-2H3,(H,35,36). The number of methoxy groups -OCH3 is 2. The lowest BCUT2D eigenvalue weighted by atomic mass is 9.86. The van der Waals surface area contributed by atoms with Gasteiger partial charge in [-0.2, -0.15) is 0 Å². The van der Waals surface area contributed by atoms with Crippen LogP contribution in [0.3, 0.4) is 0 Å². The highest BCUT2D eigenvalue weighted by molar-refractivity contribution is 5.92. The maximum Gasteiger partial charge on any atom is 0.243 e. The second kappa shape index (κ2) is 12.5. The molecule has 0 aliphatic rings. The van der Waals surface area contributed by atoms with Crippen LogP contribution in [0.5, 0.6) is 11.5 Å². The van der Waals surface area contributed by atoms with Crippen molar-refractivity contribution >= 4 is 27.7 Å². The molecule has 0 radical (unpaired) electrons. The average Bonchev–Trinajstić information content (AvgIpc) is 3.60. The van der Waals surface area contributed by atoms with Gasteiger partial charge in [-0.15, -0.1) is 0 Å². The van der Waals surface area contributed by atoms with Gasteiger partial charge in [0.2, 0.25) is 5.91 Å². The lowest BCUT2D eigenvalue weighted by Gasteiger charge is -2.17. The van der Waals surface area contributed by atoms with Crippen molar-refractivity contribution in [3.63, 3.8) is 0 Å². The summed E-state index contributed by atoms with van der Waals surface area (Å²) in [4.78, 5) is 24.5. The molecule has 0 atom stereocenters. The summed E-state index contributed by atoms with van der Waals surface area (Å²) in [5.41, 5.74) is 8.07. The van der Waals surface area contributed by atoms with Crippen molar-refractivity contribution in [3.8, 4) is 11.5 Å². The van der Waals surface area contributed by atoms with Gasteiger partial charge in [-0.25, -0.2) is 5.48 Å². The van der Waals surface area contributed by atoms with Gasteiger partial charge in [0.1, 0.15) is 11.5 Å². The van der Waals surface area contributed by atoms with E-state index in [-0.39, 0.29) is 11.8 Å². The Kier molecular flexibility index (Phi) is 8.48. The maximum atomic E-state index is 12.2. The number of fused-ring (bicyclic) bond motifs is 2. The monoisotopic (exact) mass is 525 g/mol. The molecule has 0 saturated carbocycles. The highest BCUT2D eigenvalue weighted by atomic mass is 16.6. The Morgan fingerprint density at radius 1 is 0.769 bits per heavy atom. The number of H-pyrrole nitrogens is 2. The Morgan fingerprint density at radius 3 is 1.97 bits per heavy atom. The molecule has 0 fully saturated rings. The van der Waals surface area contributed by atoms with Crippen LogP contribution in [0.25, 0.3) is 21.8 Å². The molecule has 0 saturated heterocycles. The number of hydroxylamine groups is 1. The van der Waals surface area contributed by atoms with Crippen molar-refractivity contribution in [1.82, 2.24) is 15.4 Å². The summed E-state index contributed by atoms with van der Waals surface area (Å²) in [5, 5.41) is 2.32. The summed E-state index contributed by atoms with van der Waals surface area (Å²) >= 11 is 0. The van der Waals surface area contributed by atoms with Gasteiger partial charge in [-0.3, -0.25) is 9.63 Å². The number of hydrogen-bond acceptors (Lipinski definition) is 4. The smallest absolute Gasteiger partial charge is 0.243 e. The van der Waals surface area contributed by atoms with E-state index >= 15 is 0 Å². The zero-order valence-corrected chi connectivity index (χ0v) is 22.5. The predicted molar refractivity (Wildman–Crippen MR) is 154 cm³/mol. The molecule has 5 aromatic rings. The third-order valence-corrected chi connectivity index (χ3v) is 7.27. The van der Waals surface area contributed by atoms with Gasteiger partial charge < -0.3 is 19.4 Å². The number of aromatic amines is 2. The molecule has 0 bridgehead atoms. The van der Waals surface area contributed by atoms with E-state index in [1.807, 2.05) is 54.6 Å². The molecule has 7 heteroatoms. The fourth-order valence-corrected chi connectivity index (χ4v) is 5.33. The van der Waals surface area contributed by atoms with Crippen molar-refractivity contribution in [3.05, 3.63) is 95.8 Å². The molecule has 5 rings (SSSR count). The first-order valence-corrected chi connectivity index (χ1v) is 13.4. The first-order chi connectivity index (χ1) is 19.2. The molecule has 0 aliphatic heterocycles. The van der Waals surface area contributed by atoms with Gasteiger partial charge in [0.05, 0.1) is 31.9 Å². The van der Waals surface area contributed by atoms with Crippen LogP contribution in [0.15, 0.2) is 79.1 Å². The minimum Gasteiger partial charge on any atom is -0.495 e. The van der Waals surface area contributed by atoms with E-state index in [1.54, 1.807) is 14.2 Å². The van der Waals surface area contributed by atoms with E-state index < -0.39 is 0 Å². The summed E-state index contributed by atoms with van der Waals surface area (Å²) in [6.45, 7) is 0.360. The van der Waals surface area contributed by atoms with Gasteiger partial charge >= 0.3 is 0 Å². The van der Waals surface area contributed by atoms with E-state index in [1.165, 1.54) is 11.1 Å². The van der Waals surface area contributed by atoms with Crippen molar-refractivity contribution in [2.75, 3.05) is 14.2 Å². The van der Waals surface area contributed by atoms with Crippen LogP contribution in [0.4, 0.5) is 0 Å². The Balaban J connectivity index is 1.26. The summed E-state index contributed by atoms with van der Waals surface area (Å²) in [5.74, 6) is 1.74. The van der Waals surface area contributed by atoms with Gasteiger partial charge in [0.25, 0.3) is 0 Å². The molecule has 0 spiro atoms. The Bertz CT molecular complexity index is 1440. The largest absolute Gasteiger partial charge is 0.495 e. The number of ether oxygens (including phenoxy) is 2. The summed E-state index contributed by atoms with van der Waals surface area (Å²) < 4.78 is 11.2. The Hall–Kier alpha value is -4.23. The molecule has 39 heavy (non-hydrogen) atoms. The Morgan fingerprint density at radius 2 is 1.38 bits per heavy atom. The molecular weight excluding hydrogens is 490 g/mol. The molecule has 202 valence electrons. The second-order valence-electron chi connectivity index (χ2n) is 9.71. The lowest BCUT2D eigenvalue weighted by Crippen LogP contribution is -2.23. The van der Waals surface area contributed by atoms with Crippen molar-refractivity contribution in [1.29, 1.82) is 0 Å². The topological polar surface area (TPSA) is 88.4 Å². The summed E-state index contributed by atoms with van der Waals surface area (Å²) in [7, 11) is 3.39. The molecule has 2 heterocycles. The van der Waals surface area contributed by atoms with E-state index in [9.17, 15) is 4.79 Å². The number of para-hydroxylation sites is 2. The van der Waals surface area contributed by atoms with Gasteiger partial charge in [0, 0.05) is 35.5 Å². The molecule has 1 amide bonds. The minimum atomic E-state index is -0.0880. The molecule has 2 aromatic heterocycles. The third kappa shape index (κ3) is 5.94. The SMILES string of the molecule is COc1cccc2c(C(CCCCCC(=O)NOCc3ccccc3)c3c[nH]c4c(OC)cccc34)c[nH]c12. The van der Waals surface area contributed by atoms with E-state index in [0.717, 1.165) is 64.6 Å². The molecule has 3 N–H and O–H groups in total. The predicted octanol–water partition coefficient (Wildman–Crippen LogP) is 7.00. The minimum absolute atomic E-state index is 0.0880. The quantitative estimate of drug-likeness (QED) is 0.114. The van der Waals surface area contributed by atoms with Crippen LogP contribution < -0.4 is 15.0 Å². The number of benzene rings is 3. The second-order valence-corrected chi connectivity index (χ2v) is 9.71. The number of rotatable bonds is 13. The van der Waals surface area contributed by atoms with E-state index in [0.29, 0.717) is 13.0 Å². The number of carbonyl (C=O) groups excluding carboxylic acids is 1. The van der Waals surface area contributed by atoms with Crippen LogP contribution in [0, 0.1) is 0 Å². The van der Waals surface area contributed by atoms with Crippen molar-refractivity contribution in [2.24, 2.45) is 0 Å². The number of carbonyl (C=O) groups is 1. The van der Waals surface area contributed by atoms with Crippen LogP contribution in [0.2, 0.25) is 0 Å². The summed E-state index contributed by atoms with van der Waals surface area (Å²) in [6, 6.07) is 22.1. The number of unbranched alkanes of at least 4 members (excludes halogenated alkanes) is 2. The normalized spacial score (nSPS) is 11.4. The highest BCUT2D eigenvalue weighted by Gasteiger charge is 2.23. The maximum absolute atomic E-state index is 12.2. The molecular formula is C32H35N3O4.